The van der Waals surface area contributed by atoms with Crippen molar-refractivity contribution in [2.24, 2.45) is 5.92 Å². The van der Waals surface area contributed by atoms with Crippen LogP contribution in [0.2, 0.25) is 0 Å². The van der Waals surface area contributed by atoms with E-state index in [0.717, 1.165) is 20.5 Å². The van der Waals surface area contributed by atoms with Gasteiger partial charge in [0, 0.05) is 23.7 Å². The van der Waals surface area contributed by atoms with Gasteiger partial charge in [-0.25, -0.2) is 0 Å². The number of nitrogens with zero attached hydrogens (tertiary/aromatic N) is 1. The summed E-state index contributed by atoms with van der Waals surface area (Å²) in [6, 6.07) is 8.00. The molecular weight excluding hydrogens is 274 g/mol. The van der Waals surface area contributed by atoms with Gasteiger partial charge in [-0.15, -0.1) is 11.3 Å². The van der Waals surface area contributed by atoms with Crippen LogP contribution in [0.5, 0.6) is 0 Å². The number of carbonyl (C=O) groups is 2. The number of benzene rings is 1. The van der Waals surface area contributed by atoms with Crippen molar-refractivity contribution in [1.82, 2.24) is 4.90 Å². The van der Waals surface area contributed by atoms with E-state index in [2.05, 4.69) is 0 Å². The molecule has 1 aromatic carbocycles. The van der Waals surface area contributed by atoms with Gasteiger partial charge in [-0.2, -0.15) is 0 Å². The van der Waals surface area contributed by atoms with Crippen molar-refractivity contribution in [2.45, 2.75) is 13.3 Å². The third-order valence-corrected chi connectivity index (χ3v) is 5.01. The molecule has 20 heavy (non-hydrogen) atoms. The molecule has 0 spiro atoms. The Morgan fingerprint density at radius 2 is 2.05 bits per heavy atom. The molecule has 4 nitrogen and oxygen atoms in total. The van der Waals surface area contributed by atoms with Crippen LogP contribution in [0.25, 0.3) is 10.1 Å². The molecule has 0 unspecified atom stereocenters. The van der Waals surface area contributed by atoms with Crippen LogP contribution in [-0.2, 0) is 4.79 Å². The molecule has 104 valence electrons. The second kappa shape index (κ2) is 4.90. The van der Waals surface area contributed by atoms with E-state index in [0.29, 0.717) is 13.1 Å². The minimum Gasteiger partial charge on any atom is -0.481 e. The summed E-state index contributed by atoms with van der Waals surface area (Å²) in [5.74, 6) is -0.656. The molecule has 0 radical (unpaired) electrons. The highest BCUT2D eigenvalue weighted by Crippen LogP contribution is 2.33. The van der Waals surface area contributed by atoms with Gasteiger partial charge in [0.15, 0.2) is 0 Å². The van der Waals surface area contributed by atoms with E-state index >= 15 is 0 Å². The summed E-state index contributed by atoms with van der Waals surface area (Å²) in [5.41, 5.74) is 1.03. The lowest BCUT2D eigenvalue weighted by atomic mass is 9.96. The minimum atomic E-state index is -0.792. The summed E-state index contributed by atoms with van der Waals surface area (Å²) < 4.78 is 1.12. The van der Waals surface area contributed by atoms with Gasteiger partial charge in [0.05, 0.1) is 11.3 Å². The number of amides is 1. The van der Waals surface area contributed by atoms with E-state index in [1.165, 1.54) is 11.3 Å². The molecule has 1 aliphatic rings. The molecular formula is C15H15NO3S. The van der Waals surface area contributed by atoms with E-state index in [9.17, 15) is 9.59 Å². The van der Waals surface area contributed by atoms with E-state index < -0.39 is 5.97 Å². The average molecular weight is 289 g/mol. The number of aryl methyl sites for hydroxylation is 1. The zero-order chi connectivity index (χ0) is 14.3. The first-order chi connectivity index (χ1) is 9.56. The number of thiophene rings is 1. The Hall–Kier alpha value is -1.88. The molecule has 1 aliphatic heterocycles. The SMILES string of the molecule is Cc1c(C(=O)N2CC(CC(=O)O)C2)sc2ccccc12. The van der Waals surface area contributed by atoms with Gasteiger partial charge in [0.1, 0.15) is 0 Å². The maximum Gasteiger partial charge on any atom is 0.303 e. The number of fused-ring (bicyclic) bond motifs is 1. The predicted octanol–water partition coefficient (Wildman–Crippen LogP) is 2.76. The largest absolute Gasteiger partial charge is 0.481 e. The predicted molar refractivity (Wildman–Crippen MR) is 78.2 cm³/mol. The monoisotopic (exact) mass is 289 g/mol. The van der Waals surface area contributed by atoms with Crippen LogP contribution in [0.1, 0.15) is 21.7 Å². The number of aliphatic carboxylic acids is 1. The van der Waals surface area contributed by atoms with Crippen LogP contribution in [0.4, 0.5) is 0 Å². The van der Waals surface area contributed by atoms with Gasteiger partial charge in [0.25, 0.3) is 5.91 Å². The molecule has 3 rings (SSSR count). The maximum atomic E-state index is 12.4. The van der Waals surface area contributed by atoms with Gasteiger partial charge in [-0.1, -0.05) is 18.2 Å². The number of carboxylic acid groups (broad SMARTS) is 1. The van der Waals surface area contributed by atoms with E-state index in [-0.39, 0.29) is 18.2 Å². The molecule has 0 saturated carbocycles. The lowest BCUT2D eigenvalue weighted by Crippen LogP contribution is -2.50. The van der Waals surface area contributed by atoms with Crippen molar-refractivity contribution >= 4 is 33.3 Å². The zero-order valence-electron chi connectivity index (χ0n) is 11.1. The molecule has 5 heteroatoms. The second-order valence-electron chi connectivity index (χ2n) is 5.23. The number of carbonyl (C=O) groups excluding carboxylic acids is 1. The lowest BCUT2D eigenvalue weighted by Gasteiger charge is -2.38. The molecule has 1 aromatic heterocycles. The first-order valence-electron chi connectivity index (χ1n) is 6.55. The fraction of sp³-hybridized carbons (Fsp3) is 0.333. The third kappa shape index (κ3) is 2.18. The van der Waals surface area contributed by atoms with Crippen LogP contribution in [0.3, 0.4) is 0 Å². The topological polar surface area (TPSA) is 57.6 Å². The summed E-state index contributed by atoms with van der Waals surface area (Å²) >= 11 is 1.52. The van der Waals surface area contributed by atoms with E-state index in [4.69, 9.17) is 5.11 Å². The zero-order valence-corrected chi connectivity index (χ0v) is 11.9. The maximum absolute atomic E-state index is 12.4. The van der Waals surface area contributed by atoms with E-state index in [1.54, 1.807) is 4.90 Å². The first-order valence-corrected chi connectivity index (χ1v) is 7.37. The van der Waals surface area contributed by atoms with Gasteiger partial charge >= 0.3 is 5.97 Å². The van der Waals surface area contributed by atoms with Gasteiger partial charge in [0.2, 0.25) is 0 Å². The van der Waals surface area contributed by atoms with Crippen molar-refractivity contribution < 1.29 is 14.7 Å². The number of hydrogen-bond donors (Lipinski definition) is 1. The lowest BCUT2D eigenvalue weighted by molar-refractivity contribution is -0.139. The highest BCUT2D eigenvalue weighted by molar-refractivity contribution is 7.21. The molecule has 1 N–H and O–H groups in total. The Balaban J connectivity index is 1.77. The van der Waals surface area contributed by atoms with Crippen molar-refractivity contribution in [2.75, 3.05) is 13.1 Å². The highest BCUT2D eigenvalue weighted by atomic mass is 32.1. The Kier molecular flexibility index (Phi) is 3.22. The summed E-state index contributed by atoms with van der Waals surface area (Å²) in [6.07, 6.45) is 0.148. The van der Waals surface area contributed by atoms with Crippen LogP contribution >= 0.6 is 11.3 Å². The van der Waals surface area contributed by atoms with Gasteiger partial charge in [-0.3, -0.25) is 9.59 Å². The first kappa shape index (κ1) is 13.1. The molecule has 1 saturated heterocycles. The Labute approximate surface area is 120 Å². The van der Waals surface area contributed by atoms with E-state index in [1.807, 2.05) is 31.2 Å². The number of carboxylic acids is 1. The molecule has 2 aromatic rings. The number of hydrogen-bond acceptors (Lipinski definition) is 3. The molecule has 1 fully saturated rings. The van der Waals surface area contributed by atoms with Gasteiger partial charge < -0.3 is 10.0 Å². The molecule has 2 heterocycles. The average Bonchev–Trinajstić information content (AvgIpc) is 2.70. The number of rotatable bonds is 3. The third-order valence-electron chi connectivity index (χ3n) is 3.75. The van der Waals surface area contributed by atoms with Crippen molar-refractivity contribution in [3.05, 3.63) is 34.7 Å². The van der Waals surface area contributed by atoms with Crippen LogP contribution in [0, 0.1) is 12.8 Å². The minimum absolute atomic E-state index is 0.0327. The van der Waals surface area contributed by atoms with Crippen molar-refractivity contribution in [3.63, 3.8) is 0 Å². The Morgan fingerprint density at radius 1 is 1.35 bits per heavy atom. The van der Waals surface area contributed by atoms with Crippen LogP contribution < -0.4 is 0 Å². The van der Waals surface area contributed by atoms with Crippen molar-refractivity contribution in [3.8, 4) is 0 Å². The van der Waals surface area contributed by atoms with Crippen molar-refractivity contribution in [1.29, 1.82) is 0 Å². The fourth-order valence-electron chi connectivity index (χ4n) is 2.63. The Morgan fingerprint density at radius 3 is 2.70 bits per heavy atom. The van der Waals surface area contributed by atoms with Crippen LogP contribution in [-0.4, -0.2) is 35.0 Å². The second-order valence-corrected chi connectivity index (χ2v) is 6.28. The fourth-order valence-corrected chi connectivity index (χ4v) is 3.81. The quantitative estimate of drug-likeness (QED) is 0.945. The normalized spacial score (nSPS) is 15.3. The summed E-state index contributed by atoms with van der Waals surface area (Å²) in [7, 11) is 0. The Bertz CT molecular complexity index is 685. The van der Waals surface area contributed by atoms with Crippen LogP contribution in [0.15, 0.2) is 24.3 Å². The summed E-state index contributed by atoms with van der Waals surface area (Å²) in [6.45, 7) is 3.08. The molecule has 0 atom stereocenters. The smallest absolute Gasteiger partial charge is 0.303 e. The summed E-state index contributed by atoms with van der Waals surface area (Å²) in [5, 5.41) is 9.86. The molecule has 0 aliphatic carbocycles. The highest BCUT2D eigenvalue weighted by Gasteiger charge is 2.33. The van der Waals surface area contributed by atoms with Gasteiger partial charge in [-0.05, 0) is 23.9 Å². The standard InChI is InChI=1S/C15H15NO3S/c1-9-11-4-2-3-5-12(11)20-14(9)15(19)16-7-10(8-16)6-13(17)18/h2-5,10H,6-8H2,1H3,(H,17,18). The molecule has 0 bridgehead atoms. The number of likely N-dealkylation sites (tertiary alicyclic amines) is 1. The summed E-state index contributed by atoms with van der Waals surface area (Å²) in [4.78, 5) is 25.6. The molecule has 1 amide bonds.